The molecule has 7 rings (SSSR count). The Bertz CT molecular complexity index is 1830. The minimum Gasteiger partial charge on any atom is -0.467 e. The number of aliphatic hydroxyl groups is 1. The summed E-state index contributed by atoms with van der Waals surface area (Å²) in [7, 11) is 1.32. The number of likely N-dealkylation sites (tertiary alicyclic amines) is 2. The smallest absolute Gasteiger partial charge is 0.328 e. The molecule has 3 aliphatic rings. The third-order valence-electron chi connectivity index (χ3n) is 11.2. The fourth-order valence-corrected chi connectivity index (χ4v) is 8.17. The van der Waals surface area contributed by atoms with Gasteiger partial charge in [0.15, 0.2) is 6.29 Å². The van der Waals surface area contributed by atoms with Gasteiger partial charge >= 0.3 is 12.0 Å². The number of carbonyl (C=O) groups is 2. The molecule has 3 fully saturated rings. The second kappa shape index (κ2) is 18.8. The molecule has 10 heteroatoms. The molecule has 0 aliphatic carbocycles. The SMILES string of the molecule is COC(=O)[C@H](Cc1ccccc1)NC(=O)NCc1cccc(-c2ccc([C@H]3O[C@@H](CN4CCC[C@H]4CN4CCCC4)C[C@@H](c4ccc(CO)cc4)O3)cc2)c1. The zero-order chi connectivity index (χ0) is 38.0. The summed E-state index contributed by atoms with van der Waals surface area (Å²) in [6, 6.07) is 33.3. The van der Waals surface area contributed by atoms with Gasteiger partial charge in [0.05, 0.1) is 25.9 Å². The predicted octanol–water partition coefficient (Wildman–Crippen LogP) is 6.54. The van der Waals surface area contributed by atoms with Crippen molar-refractivity contribution in [3.63, 3.8) is 0 Å². The number of hydrogen-bond acceptors (Lipinski definition) is 8. The lowest BCUT2D eigenvalue weighted by Gasteiger charge is -2.39. The van der Waals surface area contributed by atoms with E-state index in [0.717, 1.165) is 65.0 Å². The van der Waals surface area contributed by atoms with E-state index < -0.39 is 24.3 Å². The van der Waals surface area contributed by atoms with Gasteiger partial charge in [0.2, 0.25) is 0 Å². The standard InChI is InChI=1S/C45H54N4O6/c1-53-43(51)41(26-32-9-3-2-4-10-32)47-45(52)46-28-34-11-7-12-38(25-34)35-18-20-37(21-19-35)44-54-40(27-42(55-44)36-16-14-33(31-50)15-17-36)30-49-24-8-13-39(49)29-48-22-5-6-23-48/h2-4,7,9-12,14-21,25,39-42,44,50H,5-6,8,13,22-24,26-31H2,1H3,(H2,46,47,52)/t39-,40+,41-,42-,44-/m0/s1. The first-order valence-electron chi connectivity index (χ1n) is 19.8. The van der Waals surface area contributed by atoms with Crippen molar-refractivity contribution in [2.75, 3.05) is 39.8 Å². The lowest BCUT2D eigenvalue weighted by molar-refractivity contribution is -0.253. The van der Waals surface area contributed by atoms with E-state index in [4.69, 9.17) is 14.2 Å². The minimum atomic E-state index is -0.802. The molecular weight excluding hydrogens is 693 g/mol. The van der Waals surface area contributed by atoms with Gasteiger partial charge in [0.1, 0.15) is 6.04 Å². The molecule has 3 N–H and O–H groups in total. The van der Waals surface area contributed by atoms with Gasteiger partial charge in [0.25, 0.3) is 0 Å². The van der Waals surface area contributed by atoms with Crippen LogP contribution in [0.25, 0.3) is 11.1 Å². The van der Waals surface area contributed by atoms with Gasteiger partial charge in [-0.05, 0) is 84.8 Å². The van der Waals surface area contributed by atoms with Gasteiger partial charge in [-0.25, -0.2) is 9.59 Å². The number of aliphatic hydroxyl groups excluding tert-OH is 1. The third kappa shape index (κ3) is 10.4. The molecule has 290 valence electrons. The molecule has 3 saturated heterocycles. The van der Waals surface area contributed by atoms with Crippen molar-refractivity contribution in [2.45, 2.75) is 82.3 Å². The first kappa shape index (κ1) is 38.7. The molecule has 0 bridgehead atoms. The van der Waals surface area contributed by atoms with Crippen molar-refractivity contribution < 1.29 is 28.9 Å². The highest BCUT2D eigenvalue weighted by molar-refractivity contribution is 5.83. The van der Waals surface area contributed by atoms with E-state index in [1.165, 1.54) is 45.9 Å². The zero-order valence-corrected chi connectivity index (χ0v) is 31.8. The normalized spacial score (nSPS) is 22.3. The summed E-state index contributed by atoms with van der Waals surface area (Å²) in [4.78, 5) is 30.5. The minimum absolute atomic E-state index is 0.0152. The molecule has 55 heavy (non-hydrogen) atoms. The monoisotopic (exact) mass is 746 g/mol. The number of hydrogen-bond donors (Lipinski definition) is 3. The molecule has 0 aromatic heterocycles. The van der Waals surface area contributed by atoms with E-state index in [9.17, 15) is 14.7 Å². The fourth-order valence-electron chi connectivity index (χ4n) is 8.17. The fraction of sp³-hybridized carbons (Fsp3) is 0.422. The van der Waals surface area contributed by atoms with Crippen molar-refractivity contribution in [1.82, 2.24) is 20.4 Å². The molecule has 0 saturated carbocycles. The summed E-state index contributed by atoms with van der Waals surface area (Å²) in [6.07, 6.45) is 5.57. The van der Waals surface area contributed by atoms with Gasteiger partial charge in [0, 0.05) is 44.1 Å². The van der Waals surface area contributed by atoms with E-state index in [2.05, 4.69) is 69.0 Å². The molecular formula is C45H54N4O6. The molecule has 0 unspecified atom stereocenters. The largest absolute Gasteiger partial charge is 0.467 e. The first-order chi connectivity index (χ1) is 26.9. The van der Waals surface area contributed by atoms with Crippen LogP contribution in [0.2, 0.25) is 0 Å². The second-order valence-electron chi connectivity index (χ2n) is 15.1. The van der Waals surface area contributed by atoms with Crippen LogP contribution in [-0.2, 0) is 38.6 Å². The molecule has 0 radical (unpaired) electrons. The highest BCUT2D eigenvalue weighted by Crippen LogP contribution is 2.39. The Morgan fingerprint density at radius 3 is 2.29 bits per heavy atom. The van der Waals surface area contributed by atoms with Crippen molar-refractivity contribution >= 4 is 12.0 Å². The van der Waals surface area contributed by atoms with Crippen LogP contribution in [0.3, 0.4) is 0 Å². The molecule has 4 aromatic rings. The zero-order valence-electron chi connectivity index (χ0n) is 31.8. The summed E-state index contributed by atoms with van der Waals surface area (Å²) >= 11 is 0. The number of nitrogens with zero attached hydrogens (tertiary/aromatic N) is 2. The van der Waals surface area contributed by atoms with Crippen LogP contribution in [-0.4, -0.2) is 84.9 Å². The van der Waals surface area contributed by atoms with Crippen LogP contribution in [0.1, 0.15) is 72.3 Å². The van der Waals surface area contributed by atoms with Crippen LogP contribution in [0.5, 0.6) is 0 Å². The number of urea groups is 1. The van der Waals surface area contributed by atoms with Crippen molar-refractivity contribution in [1.29, 1.82) is 0 Å². The Morgan fingerprint density at radius 1 is 0.800 bits per heavy atom. The van der Waals surface area contributed by atoms with E-state index >= 15 is 0 Å². The maximum atomic E-state index is 12.9. The number of nitrogens with one attached hydrogen (secondary N) is 2. The average Bonchev–Trinajstić information content (AvgIpc) is 3.92. The van der Waals surface area contributed by atoms with Gasteiger partial charge in [-0.15, -0.1) is 0 Å². The third-order valence-corrected chi connectivity index (χ3v) is 11.2. The van der Waals surface area contributed by atoms with E-state index in [1.807, 2.05) is 54.6 Å². The number of carbonyl (C=O) groups excluding carboxylic acids is 2. The van der Waals surface area contributed by atoms with Gasteiger partial charge in [-0.3, -0.25) is 4.90 Å². The van der Waals surface area contributed by atoms with Crippen LogP contribution in [0, 0.1) is 0 Å². The highest BCUT2D eigenvalue weighted by atomic mass is 16.7. The summed E-state index contributed by atoms with van der Waals surface area (Å²) < 4.78 is 18.4. The Morgan fingerprint density at radius 2 is 1.55 bits per heavy atom. The number of methoxy groups -OCH3 is 1. The second-order valence-corrected chi connectivity index (χ2v) is 15.1. The highest BCUT2D eigenvalue weighted by Gasteiger charge is 2.36. The molecule has 10 nitrogen and oxygen atoms in total. The van der Waals surface area contributed by atoms with Gasteiger partial charge in [-0.1, -0.05) is 97.1 Å². The average molecular weight is 747 g/mol. The predicted molar refractivity (Wildman–Crippen MR) is 212 cm³/mol. The van der Waals surface area contributed by atoms with Crippen molar-refractivity contribution in [3.8, 4) is 11.1 Å². The van der Waals surface area contributed by atoms with Crippen LogP contribution in [0.4, 0.5) is 4.79 Å². The summed E-state index contributed by atoms with van der Waals surface area (Å²) in [5.74, 6) is -0.496. The van der Waals surface area contributed by atoms with Gasteiger partial charge < -0.3 is 34.9 Å². The first-order valence-corrected chi connectivity index (χ1v) is 19.8. The van der Waals surface area contributed by atoms with Crippen molar-refractivity contribution in [3.05, 3.63) is 131 Å². The number of amides is 2. The number of ether oxygens (including phenoxy) is 3. The van der Waals surface area contributed by atoms with E-state index in [1.54, 1.807) is 0 Å². The molecule has 2 amide bonds. The quantitative estimate of drug-likeness (QED) is 0.125. The molecule has 5 atom stereocenters. The lowest BCUT2D eigenvalue weighted by Crippen LogP contribution is -2.47. The van der Waals surface area contributed by atoms with Crippen molar-refractivity contribution in [2.24, 2.45) is 0 Å². The molecule has 4 aromatic carbocycles. The lowest BCUT2D eigenvalue weighted by atomic mass is 9.98. The Hall–Kier alpha value is -4.58. The molecule has 0 spiro atoms. The number of rotatable bonds is 14. The van der Waals surface area contributed by atoms with E-state index in [-0.39, 0.29) is 18.8 Å². The molecule has 3 aliphatic heterocycles. The van der Waals surface area contributed by atoms with Crippen LogP contribution in [0.15, 0.2) is 103 Å². The van der Waals surface area contributed by atoms with Gasteiger partial charge in [-0.2, -0.15) is 0 Å². The molecule has 3 heterocycles. The summed E-state index contributed by atoms with van der Waals surface area (Å²) in [6.45, 7) is 5.88. The van der Waals surface area contributed by atoms with Crippen LogP contribution < -0.4 is 10.6 Å². The number of esters is 1. The Labute approximate surface area is 324 Å². The maximum Gasteiger partial charge on any atom is 0.328 e. The Balaban J connectivity index is 1.000. The van der Waals surface area contributed by atoms with Crippen LogP contribution >= 0.6 is 0 Å². The maximum absolute atomic E-state index is 12.9. The summed E-state index contributed by atoms with van der Waals surface area (Å²) in [5, 5.41) is 15.3. The number of benzene rings is 4. The topological polar surface area (TPSA) is 113 Å². The Kier molecular flexibility index (Phi) is 13.3. The summed E-state index contributed by atoms with van der Waals surface area (Å²) in [5.41, 5.74) is 6.85. The van der Waals surface area contributed by atoms with E-state index in [0.29, 0.717) is 19.0 Å².